The summed E-state index contributed by atoms with van der Waals surface area (Å²) in [7, 11) is 0. The fourth-order valence-corrected chi connectivity index (χ4v) is 6.02. The van der Waals surface area contributed by atoms with E-state index in [2.05, 4.69) is 20.1 Å². The highest BCUT2D eigenvalue weighted by Gasteiger charge is 2.74. The number of aliphatic hydroxyl groups is 1. The highest BCUT2D eigenvalue weighted by molar-refractivity contribution is 5.98. The van der Waals surface area contributed by atoms with Crippen molar-refractivity contribution in [2.45, 2.75) is 82.5 Å². The van der Waals surface area contributed by atoms with E-state index in [0.717, 1.165) is 25.7 Å². The van der Waals surface area contributed by atoms with Gasteiger partial charge in [-0.15, -0.1) is 13.2 Å². The van der Waals surface area contributed by atoms with Gasteiger partial charge in [-0.25, -0.2) is 0 Å². The molecule has 2 unspecified atom stereocenters. The quantitative estimate of drug-likeness (QED) is 0.203. The summed E-state index contributed by atoms with van der Waals surface area (Å²) < 4.78 is 11.9. The van der Waals surface area contributed by atoms with Gasteiger partial charge in [0.2, 0.25) is 11.8 Å². The summed E-state index contributed by atoms with van der Waals surface area (Å²) >= 11 is 0. The molecule has 0 aliphatic carbocycles. The van der Waals surface area contributed by atoms with Gasteiger partial charge in [-0.1, -0.05) is 31.9 Å². The Hall–Kier alpha value is -2.19. The van der Waals surface area contributed by atoms with Crippen LogP contribution in [0.3, 0.4) is 0 Å². The number of nitrogens with zero attached hydrogens (tertiary/aromatic N) is 2. The zero-order valence-corrected chi connectivity index (χ0v) is 21.2. The fraction of sp³-hybridized carbons (Fsp3) is 0.741. The number of ether oxygens (including phenoxy) is 2. The van der Waals surface area contributed by atoms with Gasteiger partial charge in [0.15, 0.2) is 0 Å². The molecule has 3 aliphatic heterocycles. The van der Waals surface area contributed by atoms with Gasteiger partial charge in [-0.3, -0.25) is 14.4 Å². The third-order valence-electron chi connectivity index (χ3n) is 7.62. The summed E-state index contributed by atoms with van der Waals surface area (Å²) in [6.07, 6.45) is 9.75. The average molecular weight is 491 g/mol. The molecule has 0 saturated carbocycles. The molecule has 3 heterocycles. The summed E-state index contributed by atoms with van der Waals surface area (Å²) in [5, 5.41) is 9.16. The average Bonchev–Trinajstić information content (AvgIpc) is 3.48. The lowest BCUT2D eigenvalue weighted by Crippen LogP contribution is -2.56. The van der Waals surface area contributed by atoms with Crippen LogP contribution in [-0.2, 0) is 23.9 Å². The molecule has 196 valence electrons. The van der Waals surface area contributed by atoms with E-state index in [1.807, 2.05) is 0 Å². The van der Waals surface area contributed by atoms with Crippen molar-refractivity contribution in [2.75, 3.05) is 32.8 Å². The number of aliphatic hydroxyl groups excluding tert-OH is 1. The van der Waals surface area contributed by atoms with Gasteiger partial charge in [0, 0.05) is 26.2 Å². The topological polar surface area (TPSA) is 96.4 Å². The van der Waals surface area contributed by atoms with Crippen LogP contribution >= 0.6 is 0 Å². The Morgan fingerprint density at radius 2 is 2.03 bits per heavy atom. The minimum absolute atomic E-state index is 0.0941. The van der Waals surface area contributed by atoms with Crippen molar-refractivity contribution in [2.24, 2.45) is 11.8 Å². The Morgan fingerprint density at radius 3 is 2.71 bits per heavy atom. The third-order valence-corrected chi connectivity index (χ3v) is 7.62. The molecule has 0 aromatic carbocycles. The molecule has 35 heavy (non-hydrogen) atoms. The van der Waals surface area contributed by atoms with Gasteiger partial charge in [-0.05, 0) is 44.9 Å². The van der Waals surface area contributed by atoms with Crippen LogP contribution in [0.2, 0.25) is 0 Å². The van der Waals surface area contributed by atoms with Gasteiger partial charge in [-0.2, -0.15) is 0 Å². The molecule has 3 aliphatic rings. The number of carbonyl (C=O) groups is 3. The van der Waals surface area contributed by atoms with Crippen LogP contribution in [-0.4, -0.2) is 83.3 Å². The molecular formula is C27H42N2O6. The normalized spacial score (nSPS) is 28.7. The fourth-order valence-electron chi connectivity index (χ4n) is 6.02. The van der Waals surface area contributed by atoms with Gasteiger partial charge in [0.25, 0.3) is 0 Å². The number of likely N-dealkylation sites (tertiary alicyclic amines) is 1. The van der Waals surface area contributed by atoms with Crippen molar-refractivity contribution < 1.29 is 29.0 Å². The third kappa shape index (κ3) is 5.48. The highest BCUT2D eigenvalue weighted by atomic mass is 16.6. The largest absolute Gasteiger partial charge is 0.465 e. The summed E-state index contributed by atoms with van der Waals surface area (Å²) in [6.45, 7) is 11.3. The molecule has 0 radical (unpaired) electrons. The molecule has 1 spiro atoms. The molecule has 3 rings (SSSR count). The van der Waals surface area contributed by atoms with E-state index in [0.29, 0.717) is 51.7 Å². The van der Waals surface area contributed by atoms with Gasteiger partial charge in [0.1, 0.15) is 11.6 Å². The van der Waals surface area contributed by atoms with E-state index in [-0.39, 0.29) is 25.0 Å². The van der Waals surface area contributed by atoms with E-state index >= 15 is 0 Å². The van der Waals surface area contributed by atoms with Crippen molar-refractivity contribution in [3.63, 3.8) is 0 Å². The number of carbonyl (C=O) groups excluding carboxylic acids is 3. The molecule has 1 N–H and O–H groups in total. The molecule has 5 atom stereocenters. The molecule has 3 fully saturated rings. The molecule has 8 nitrogen and oxygen atoms in total. The number of amides is 2. The molecular weight excluding hydrogens is 448 g/mol. The maximum atomic E-state index is 14.0. The van der Waals surface area contributed by atoms with Crippen LogP contribution in [0, 0.1) is 11.8 Å². The number of unbranched alkanes of at least 4 members (excludes halogenated alkanes) is 4. The molecule has 2 bridgehead atoms. The molecule has 3 saturated heterocycles. The van der Waals surface area contributed by atoms with Crippen molar-refractivity contribution >= 4 is 17.8 Å². The Morgan fingerprint density at radius 1 is 1.23 bits per heavy atom. The van der Waals surface area contributed by atoms with Crippen LogP contribution in [0.25, 0.3) is 0 Å². The SMILES string of the molecule is C=CCCOC(=O)[C@@H]1[C@H]2C(=O)N(CCCCCO)C(C(=O)N(CC=C)CCCCC)C23CC[C@H]1O3. The number of hydrogen-bond donors (Lipinski definition) is 1. The van der Waals surface area contributed by atoms with E-state index in [1.165, 1.54) is 0 Å². The lowest BCUT2D eigenvalue weighted by molar-refractivity contribution is -0.155. The first-order valence-electron chi connectivity index (χ1n) is 13.2. The summed E-state index contributed by atoms with van der Waals surface area (Å²) in [6, 6.07) is -0.758. The van der Waals surface area contributed by atoms with Crippen molar-refractivity contribution in [1.29, 1.82) is 0 Å². The first kappa shape index (κ1) is 27.4. The Kier molecular flexibility index (Phi) is 9.92. The van der Waals surface area contributed by atoms with Crippen LogP contribution in [0.1, 0.15) is 64.7 Å². The first-order valence-corrected chi connectivity index (χ1v) is 13.2. The second-order valence-electron chi connectivity index (χ2n) is 9.90. The number of rotatable bonds is 16. The predicted molar refractivity (Wildman–Crippen MR) is 132 cm³/mol. The van der Waals surface area contributed by atoms with Crippen molar-refractivity contribution in [3.05, 3.63) is 25.3 Å². The highest BCUT2D eigenvalue weighted by Crippen LogP contribution is 2.58. The zero-order valence-electron chi connectivity index (χ0n) is 21.2. The van der Waals surface area contributed by atoms with E-state index < -0.39 is 35.6 Å². The van der Waals surface area contributed by atoms with Gasteiger partial charge >= 0.3 is 5.97 Å². The summed E-state index contributed by atoms with van der Waals surface area (Å²) in [4.78, 5) is 44.3. The Bertz CT molecular complexity index is 786. The van der Waals surface area contributed by atoms with Crippen molar-refractivity contribution in [1.82, 2.24) is 9.80 Å². The summed E-state index contributed by atoms with van der Waals surface area (Å²) in [5.41, 5.74) is -0.998. The smallest absolute Gasteiger partial charge is 0.312 e. The van der Waals surface area contributed by atoms with Gasteiger partial charge in [0.05, 0.1) is 24.5 Å². The zero-order chi connectivity index (χ0) is 25.4. The van der Waals surface area contributed by atoms with E-state index in [9.17, 15) is 14.4 Å². The monoisotopic (exact) mass is 490 g/mol. The maximum Gasteiger partial charge on any atom is 0.312 e. The lowest BCUT2D eigenvalue weighted by Gasteiger charge is -2.36. The summed E-state index contributed by atoms with van der Waals surface area (Å²) in [5.74, 6) is -2.12. The number of fused-ring (bicyclic) bond motifs is 1. The molecule has 2 amide bonds. The lowest BCUT2D eigenvalue weighted by atomic mass is 9.70. The molecule has 0 aromatic rings. The first-order chi connectivity index (χ1) is 17.0. The predicted octanol–water partition coefficient (Wildman–Crippen LogP) is 2.85. The van der Waals surface area contributed by atoms with Crippen LogP contribution in [0.5, 0.6) is 0 Å². The number of hydrogen-bond acceptors (Lipinski definition) is 6. The van der Waals surface area contributed by atoms with Gasteiger partial charge < -0.3 is 24.4 Å². The minimum atomic E-state index is -0.998. The Labute approximate surface area is 209 Å². The van der Waals surface area contributed by atoms with Crippen LogP contribution in [0.15, 0.2) is 25.3 Å². The minimum Gasteiger partial charge on any atom is -0.465 e. The maximum absolute atomic E-state index is 14.0. The standard InChI is InChI=1S/C27H42N2O6/c1-4-7-10-16-28(15-6-3)25(32)23-27-14-13-20(35-27)21(26(33)34-19-8-5-2)22(27)24(31)29(23)17-11-9-12-18-30/h5-6,20-23,30H,2-4,7-19H2,1H3/t20-,21+,22+,23?,27?/m1/s1. The van der Waals surface area contributed by atoms with Crippen molar-refractivity contribution in [3.8, 4) is 0 Å². The van der Waals surface area contributed by atoms with E-state index in [4.69, 9.17) is 14.6 Å². The Balaban J connectivity index is 1.89. The second kappa shape index (κ2) is 12.7. The van der Waals surface area contributed by atoms with Crippen LogP contribution in [0.4, 0.5) is 0 Å². The molecule has 8 heteroatoms. The number of esters is 1. The van der Waals surface area contributed by atoms with Crippen LogP contribution < -0.4 is 0 Å². The van der Waals surface area contributed by atoms with E-state index in [1.54, 1.807) is 22.0 Å². The molecule has 0 aromatic heterocycles. The second-order valence-corrected chi connectivity index (χ2v) is 9.90.